The SMILES string of the molecule is CC1(Br)NC=CNC1=O. The first-order valence-corrected chi connectivity index (χ1v) is 3.35. The van der Waals surface area contributed by atoms with E-state index < -0.39 is 4.45 Å². The maximum Gasteiger partial charge on any atom is 0.260 e. The summed E-state index contributed by atoms with van der Waals surface area (Å²) in [7, 11) is 0. The maximum absolute atomic E-state index is 10.8. The molecule has 9 heavy (non-hydrogen) atoms. The van der Waals surface area contributed by atoms with E-state index in [1.807, 2.05) is 0 Å². The fourth-order valence-corrected chi connectivity index (χ4v) is 0.763. The van der Waals surface area contributed by atoms with E-state index in [0.29, 0.717) is 0 Å². The van der Waals surface area contributed by atoms with E-state index >= 15 is 0 Å². The summed E-state index contributed by atoms with van der Waals surface area (Å²) < 4.78 is -0.637. The Morgan fingerprint density at radius 2 is 2.33 bits per heavy atom. The van der Waals surface area contributed by atoms with Crippen LogP contribution in [0, 0.1) is 0 Å². The van der Waals surface area contributed by atoms with E-state index in [4.69, 9.17) is 0 Å². The molecule has 0 aromatic carbocycles. The van der Waals surface area contributed by atoms with Gasteiger partial charge in [-0.1, -0.05) is 15.9 Å². The molecule has 0 saturated heterocycles. The van der Waals surface area contributed by atoms with Gasteiger partial charge in [-0.05, 0) is 6.92 Å². The lowest BCUT2D eigenvalue weighted by Crippen LogP contribution is -2.49. The van der Waals surface area contributed by atoms with Crippen LogP contribution in [0.15, 0.2) is 12.4 Å². The molecule has 50 valence electrons. The second-order valence-corrected chi connectivity index (χ2v) is 3.54. The predicted octanol–water partition coefficient (Wildman–Crippen LogP) is 0.288. The van der Waals surface area contributed by atoms with Crippen LogP contribution in [0.1, 0.15) is 6.92 Å². The average Bonchev–Trinajstić information content (AvgIpc) is 1.77. The summed E-state index contributed by atoms with van der Waals surface area (Å²) in [6, 6.07) is 0. The number of hydrogen-bond donors (Lipinski definition) is 2. The Balaban J connectivity index is 2.76. The largest absolute Gasteiger partial charge is 0.368 e. The summed E-state index contributed by atoms with van der Waals surface area (Å²) in [5, 5.41) is 5.38. The molecule has 3 nitrogen and oxygen atoms in total. The molecule has 1 unspecified atom stereocenters. The Bertz CT molecular complexity index is 164. The standard InChI is InChI=1S/C5H7BrN2O/c1-5(6)4(9)7-2-3-8-5/h2-3,8H,1H3,(H,7,9). The van der Waals surface area contributed by atoms with Crippen LogP contribution in [-0.4, -0.2) is 10.4 Å². The van der Waals surface area contributed by atoms with Crippen LogP contribution in [-0.2, 0) is 4.79 Å². The second-order valence-electron chi connectivity index (χ2n) is 1.95. The van der Waals surface area contributed by atoms with E-state index in [9.17, 15) is 4.79 Å². The van der Waals surface area contributed by atoms with Gasteiger partial charge < -0.3 is 10.6 Å². The normalized spacial score (nSPS) is 33.3. The van der Waals surface area contributed by atoms with Crippen molar-refractivity contribution in [3.05, 3.63) is 12.4 Å². The highest BCUT2D eigenvalue weighted by Crippen LogP contribution is 2.14. The lowest BCUT2D eigenvalue weighted by Gasteiger charge is -2.24. The van der Waals surface area contributed by atoms with Gasteiger partial charge in [-0.2, -0.15) is 0 Å². The Morgan fingerprint density at radius 3 is 2.67 bits per heavy atom. The Kier molecular flexibility index (Phi) is 1.48. The molecule has 0 saturated carbocycles. The van der Waals surface area contributed by atoms with Crippen LogP contribution < -0.4 is 10.6 Å². The first-order chi connectivity index (χ1) is 4.13. The van der Waals surface area contributed by atoms with Crippen LogP contribution in [0.25, 0.3) is 0 Å². The summed E-state index contributed by atoms with van der Waals surface area (Å²) in [4.78, 5) is 10.8. The van der Waals surface area contributed by atoms with E-state index in [2.05, 4.69) is 26.6 Å². The molecule has 0 aromatic heterocycles. The summed E-state index contributed by atoms with van der Waals surface area (Å²) in [6.07, 6.45) is 3.24. The van der Waals surface area contributed by atoms with Crippen molar-refractivity contribution in [2.75, 3.05) is 0 Å². The predicted molar refractivity (Wildman–Crippen MR) is 37.8 cm³/mol. The van der Waals surface area contributed by atoms with Gasteiger partial charge in [-0.3, -0.25) is 4.79 Å². The molecule has 1 heterocycles. The van der Waals surface area contributed by atoms with E-state index in [-0.39, 0.29) is 5.91 Å². The van der Waals surface area contributed by atoms with Gasteiger partial charge in [-0.15, -0.1) is 0 Å². The Hall–Kier alpha value is -0.510. The van der Waals surface area contributed by atoms with Gasteiger partial charge in [0.2, 0.25) is 0 Å². The molecule has 1 amide bonds. The third kappa shape index (κ3) is 1.24. The highest BCUT2D eigenvalue weighted by Gasteiger charge is 2.29. The molecule has 0 bridgehead atoms. The van der Waals surface area contributed by atoms with Gasteiger partial charge >= 0.3 is 0 Å². The maximum atomic E-state index is 10.8. The van der Waals surface area contributed by atoms with Gasteiger partial charge in [-0.25, -0.2) is 0 Å². The van der Waals surface area contributed by atoms with Crippen LogP contribution in [0.2, 0.25) is 0 Å². The average molecular weight is 191 g/mol. The van der Waals surface area contributed by atoms with Crippen molar-refractivity contribution < 1.29 is 4.79 Å². The molecule has 1 aliphatic rings. The monoisotopic (exact) mass is 190 g/mol. The van der Waals surface area contributed by atoms with E-state index in [1.165, 1.54) is 0 Å². The molecule has 1 rings (SSSR count). The lowest BCUT2D eigenvalue weighted by molar-refractivity contribution is -0.122. The number of carbonyl (C=O) groups excluding carboxylic acids is 1. The highest BCUT2D eigenvalue weighted by atomic mass is 79.9. The number of rotatable bonds is 0. The van der Waals surface area contributed by atoms with Gasteiger partial charge in [0.15, 0.2) is 4.45 Å². The molecule has 1 atom stereocenters. The molecule has 0 radical (unpaired) electrons. The first kappa shape index (κ1) is 6.61. The first-order valence-electron chi connectivity index (χ1n) is 2.55. The van der Waals surface area contributed by atoms with Crippen molar-refractivity contribution in [2.24, 2.45) is 0 Å². The Labute approximate surface area is 61.6 Å². The van der Waals surface area contributed by atoms with Crippen molar-refractivity contribution in [1.82, 2.24) is 10.6 Å². The topological polar surface area (TPSA) is 41.1 Å². The molecular weight excluding hydrogens is 184 g/mol. The Morgan fingerprint density at radius 1 is 1.67 bits per heavy atom. The molecule has 0 aliphatic carbocycles. The van der Waals surface area contributed by atoms with E-state index in [0.717, 1.165) is 0 Å². The van der Waals surface area contributed by atoms with Crippen molar-refractivity contribution in [3.63, 3.8) is 0 Å². The fraction of sp³-hybridized carbons (Fsp3) is 0.400. The minimum atomic E-state index is -0.637. The van der Waals surface area contributed by atoms with Gasteiger partial charge in [0.25, 0.3) is 5.91 Å². The van der Waals surface area contributed by atoms with Crippen LogP contribution in [0.3, 0.4) is 0 Å². The van der Waals surface area contributed by atoms with Crippen molar-refractivity contribution in [2.45, 2.75) is 11.4 Å². The van der Waals surface area contributed by atoms with Crippen molar-refractivity contribution in [3.8, 4) is 0 Å². The third-order valence-electron chi connectivity index (χ3n) is 1.08. The minimum absolute atomic E-state index is 0.0787. The van der Waals surface area contributed by atoms with Crippen LogP contribution in [0.4, 0.5) is 0 Å². The number of hydrogen-bond acceptors (Lipinski definition) is 2. The highest BCUT2D eigenvalue weighted by molar-refractivity contribution is 9.10. The quantitative estimate of drug-likeness (QED) is 0.426. The number of amides is 1. The zero-order chi connectivity index (χ0) is 6.91. The molecule has 2 N–H and O–H groups in total. The van der Waals surface area contributed by atoms with Gasteiger partial charge in [0, 0.05) is 12.4 Å². The zero-order valence-corrected chi connectivity index (χ0v) is 6.53. The number of nitrogens with one attached hydrogen (secondary N) is 2. The molecule has 1 aliphatic heterocycles. The van der Waals surface area contributed by atoms with E-state index in [1.54, 1.807) is 19.3 Å². The second kappa shape index (κ2) is 2.02. The summed E-state index contributed by atoms with van der Waals surface area (Å²) in [6.45, 7) is 1.74. The smallest absolute Gasteiger partial charge is 0.260 e. The third-order valence-corrected chi connectivity index (χ3v) is 1.67. The minimum Gasteiger partial charge on any atom is -0.368 e. The summed E-state index contributed by atoms with van der Waals surface area (Å²) >= 11 is 3.18. The summed E-state index contributed by atoms with van der Waals surface area (Å²) in [5.41, 5.74) is 0. The van der Waals surface area contributed by atoms with Crippen molar-refractivity contribution >= 4 is 21.8 Å². The molecule has 4 heteroatoms. The van der Waals surface area contributed by atoms with Gasteiger partial charge in [0.1, 0.15) is 0 Å². The molecular formula is C5H7BrN2O. The fourth-order valence-electron chi connectivity index (χ4n) is 0.517. The molecule has 0 fully saturated rings. The zero-order valence-electron chi connectivity index (χ0n) is 4.94. The lowest BCUT2D eigenvalue weighted by atomic mass is 10.3. The number of alkyl halides is 1. The molecule has 0 spiro atoms. The van der Waals surface area contributed by atoms with Crippen LogP contribution in [0.5, 0.6) is 0 Å². The number of carbonyl (C=O) groups is 1. The number of halogens is 1. The molecule has 0 aromatic rings. The summed E-state index contributed by atoms with van der Waals surface area (Å²) in [5.74, 6) is -0.0787. The van der Waals surface area contributed by atoms with Gasteiger partial charge in [0.05, 0.1) is 0 Å². The van der Waals surface area contributed by atoms with Crippen molar-refractivity contribution in [1.29, 1.82) is 0 Å². The van der Waals surface area contributed by atoms with Crippen LogP contribution >= 0.6 is 15.9 Å².